The number of amides is 1. The summed E-state index contributed by atoms with van der Waals surface area (Å²) in [4.78, 5) is 19.9. The monoisotopic (exact) mass is 496 g/mol. The van der Waals surface area contributed by atoms with Gasteiger partial charge < -0.3 is 14.5 Å². The van der Waals surface area contributed by atoms with E-state index in [0.29, 0.717) is 35.5 Å². The van der Waals surface area contributed by atoms with Gasteiger partial charge in [-0.1, -0.05) is 11.6 Å². The summed E-state index contributed by atoms with van der Waals surface area (Å²) in [5.74, 6) is 0. The lowest BCUT2D eigenvalue weighted by atomic mass is 9.94. The molecule has 10 heteroatoms. The van der Waals surface area contributed by atoms with Gasteiger partial charge in [-0.3, -0.25) is 4.90 Å². The molecule has 3 fully saturated rings. The summed E-state index contributed by atoms with van der Waals surface area (Å²) in [7, 11) is -1.47. The summed E-state index contributed by atoms with van der Waals surface area (Å²) in [5, 5.41) is 0.541. The summed E-state index contributed by atoms with van der Waals surface area (Å²) in [5.41, 5.74) is 0.768. The van der Waals surface area contributed by atoms with Crippen LogP contribution >= 0.6 is 11.6 Å². The number of ether oxygens (including phenoxy) is 1. The number of nitrogens with zero attached hydrogens (tertiary/aromatic N) is 4. The minimum atomic E-state index is -3.61. The number of rotatable bonds is 3. The van der Waals surface area contributed by atoms with Crippen LogP contribution in [0.25, 0.3) is 0 Å². The van der Waals surface area contributed by atoms with Crippen molar-refractivity contribution in [2.75, 3.05) is 52.9 Å². The van der Waals surface area contributed by atoms with Crippen molar-refractivity contribution in [3.05, 3.63) is 28.8 Å². The van der Waals surface area contributed by atoms with Crippen LogP contribution in [-0.4, -0.2) is 98.5 Å². The number of likely N-dealkylation sites (N-methyl/N-ethyl adjacent to an activating group) is 1. The highest BCUT2D eigenvalue weighted by Gasteiger charge is 2.48. The molecule has 1 amide bonds. The fraction of sp³-hybridized carbons (Fsp3) is 0.696. The van der Waals surface area contributed by atoms with Crippen LogP contribution in [0.1, 0.15) is 43.7 Å². The molecule has 0 saturated carbocycles. The Morgan fingerprint density at radius 1 is 1.09 bits per heavy atom. The zero-order valence-corrected chi connectivity index (χ0v) is 20.7. The Balaban J connectivity index is 1.22. The molecular formula is C23H33ClN4O4S. The number of hydrogen-bond donors (Lipinski definition) is 0. The van der Waals surface area contributed by atoms with Crippen LogP contribution in [0.2, 0.25) is 5.02 Å². The molecule has 0 bridgehead atoms. The predicted octanol–water partition coefficient (Wildman–Crippen LogP) is 2.79. The molecule has 1 aromatic rings. The predicted molar refractivity (Wildman–Crippen MR) is 126 cm³/mol. The van der Waals surface area contributed by atoms with Gasteiger partial charge in [0.25, 0.3) is 0 Å². The maximum atomic E-state index is 13.3. The smallest absolute Gasteiger partial charge is 0.409 e. The summed E-state index contributed by atoms with van der Waals surface area (Å²) in [6.45, 7) is 5.65. The zero-order valence-electron chi connectivity index (χ0n) is 19.2. The minimum Gasteiger partial charge on any atom is -0.448 e. The van der Waals surface area contributed by atoms with Gasteiger partial charge >= 0.3 is 6.09 Å². The average molecular weight is 497 g/mol. The molecule has 33 heavy (non-hydrogen) atoms. The Morgan fingerprint density at radius 2 is 1.88 bits per heavy atom. The number of fused-ring (bicyclic) bond motifs is 3. The zero-order chi connectivity index (χ0) is 23.2. The first-order chi connectivity index (χ1) is 15.8. The highest BCUT2D eigenvalue weighted by molar-refractivity contribution is 7.89. The summed E-state index contributed by atoms with van der Waals surface area (Å²) in [6, 6.07) is 4.79. The van der Waals surface area contributed by atoms with Crippen LogP contribution in [0.15, 0.2) is 23.1 Å². The fourth-order valence-corrected chi connectivity index (χ4v) is 8.11. The van der Waals surface area contributed by atoms with Gasteiger partial charge in [-0.2, -0.15) is 4.31 Å². The van der Waals surface area contributed by atoms with Gasteiger partial charge in [0.05, 0.1) is 17.0 Å². The van der Waals surface area contributed by atoms with E-state index in [1.165, 1.54) is 0 Å². The topological polar surface area (TPSA) is 73.4 Å². The molecule has 0 radical (unpaired) electrons. The lowest BCUT2D eigenvalue weighted by Gasteiger charge is -2.42. The van der Waals surface area contributed by atoms with Crippen molar-refractivity contribution in [3.63, 3.8) is 0 Å². The van der Waals surface area contributed by atoms with Gasteiger partial charge in [-0.25, -0.2) is 13.2 Å². The second-order valence-electron chi connectivity index (χ2n) is 9.78. The third kappa shape index (κ3) is 4.50. The Kier molecular flexibility index (Phi) is 6.61. The van der Waals surface area contributed by atoms with Crippen molar-refractivity contribution in [3.8, 4) is 0 Å². The van der Waals surface area contributed by atoms with Gasteiger partial charge in [-0.05, 0) is 62.9 Å². The Bertz CT molecular complexity index is 998. The van der Waals surface area contributed by atoms with Crippen molar-refractivity contribution in [2.24, 2.45) is 0 Å². The number of hydrogen-bond acceptors (Lipinski definition) is 6. The molecule has 8 nitrogen and oxygen atoms in total. The molecule has 4 aliphatic rings. The molecule has 182 valence electrons. The van der Waals surface area contributed by atoms with Crippen LogP contribution < -0.4 is 0 Å². The molecule has 1 unspecified atom stereocenters. The molecule has 1 aromatic carbocycles. The van der Waals surface area contributed by atoms with E-state index in [1.807, 2.05) is 0 Å². The first-order valence-electron chi connectivity index (χ1n) is 12.0. The summed E-state index contributed by atoms with van der Waals surface area (Å²) in [6.07, 6.45) is 4.08. The number of piperidine rings is 2. The Hall–Kier alpha value is -1.39. The highest BCUT2D eigenvalue weighted by atomic mass is 35.5. The standard InChI is InChI=1S/C23H33ClN4O4S/c1-25-10-12-26(13-11-25)18-5-3-9-27(15-18)23(29)32-16-19-4-2-6-21-20-14-17(24)7-8-22(20)33(30,31)28(19)21/h7-8,14,18-19,21H,2-6,9-13,15-16H2,1H3/t18?,19-,21+/m1/s1. The second kappa shape index (κ2) is 9.34. The van der Waals surface area contributed by atoms with Gasteiger partial charge in [0, 0.05) is 50.3 Å². The molecule has 4 aliphatic heterocycles. The SMILES string of the molecule is CN1CCN(C2CCCN(C(=O)OC[C@H]3CCC[C@H]4c5cc(Cl)ccc5S(=O)(=O)N34)C2)CC1. The van der Waals surface area contributed by atoms with E-state index >= 15 is 0 Å². The lowest BCUT2D eigenvalue weighted by Crippen LogP contribution is -2.55. The number of sulfonamides is 1. The summed E-state index contributed by atoms with van der Waals surface area (Å²) < 4.78 is 33.8. The van der Waals surface area contributed by atoms with E-state index in [2.05, 4.69) is 16.8 Å². The van der Waals surface area contributed by atoms with E-state index in [1.54, 1.807) is 27.4 Å². The molecule has 0 N–H and O–H groups in total. The fourth-order valence-electron chi connectivity index (χ4n) is 5.86. The second-order valence-corrected chi connectivity index (χ2v) is 12.0. The van der Waals surface area contributed by atoms with Gasteiger partial charge in [0.1, 0.15) is 6.61 Å². The number of benzene rings is 1. The number of halogens is 1. The molecular weight excluding hydrogens is 464 g/mol. The average Bonchev–Trinajstić information content (AvgIpc) is 3.05. The van der Waals surface area contributed by atoms with Gasteiger partial charge in [0.2, 0.25) is 10.0 Å². The number of piperazine rings is 1. The quantitative estimate of drug-likeness (QED) is 0.640. The van der Waals surface area contributed by atoms with Crippen LogP contribution in [0, 0.1) is 0 Å². The van der Waals surface area contributed by atoms with E-state index in [0.717, 1.165) is 57.4 Å². The molecule has 0 spiro atoms. The van der Waals surface area contributed by atoms with Gasteiger partial charge in [-0.15, -0.1) is 0 Å². The number of likely N-dealkylation sites (tertiary alicyclic amines) is 1. The Labute approximate surface area is 201 Å². The third-order valence-corrected chi connectivity index (χ3v) is 9.95. The normalized spacial score (nSPS) is 30.6. The first-order valence-corrected chi connectivity index (χ1v) is 13.8. The maximum absolute atomic E-state index is 13.3. The molecule has 5 rings (SSSR count). The number of carbonyl (C=O) groups excluding carboxylic acids is 1. The van der Waals surface area contributed by atoms with Gasteiger partial charge in [0.15, 0.2) is 0 Å². The van der Waals surface area contributed by atoms with Crippen LogP contribution in [-0.2, 0) is 14.8 Å². The number of carbonyl (C=O) groups is 1. The lowest BCUT2D eigenvalue weighted by molar-refractivity contribution is 0.0341. The largest absolute Gasteiger partial charge is 0.448 e. The molecule has 0 aliphatic carbocycles. The molecule has 3 saturated heterocycles. The van der Waals surface area contributed by atoms with Crippen molar-refractivity contribution >= 4 is 27.7 Å². The van der Waals surface area contributed by atoms with Crippen molar-refractivity contribution in [2.45, 2.75) is 55.1 Å². The van der Waals surface area contributed by atoms with E-state index in [9.17, 15) is 13.2 Å². The molecule has 4 heterocycles. The van der Waals surface area contributed by atoms with E-state index in [-0.39, 0.29) is 24.8 Å². The third-order valence-electron chi connectivity index (χ3n) is 7.68. The van der Waals surface area contributed by atoms with E-state index in [4.69, 9.17) is 16.3 Å². The molecule has 3 atom stereocenters. The highest BCUT2D eigenvalue weighted by Crippen LogP contribution is 2.47. The van der Waals surface area contributed by atoms with Crippen LogP contribution in [0.5, 0.6) is 0 Å². The summed E-state index contributed by atoms with van der Waals surface area (Å²) >= 11 is 6.15. The van der Waals surface area contributed by atoms with E-state index < -0.39 is 10.0 Å². The van der Waals surface area contributed by atoms with Crippen LogP contribution in [0.4, 0.5) is 4.79 Å². The molecule has 0 aromatic heterocycles. The van der Waals surface area contributed by atoms with Crippen molar-refractivity contribution in [1.29, 1.82) is 0 Å². The Morgan fingerprint density at radius 3 is 2.67 bits per heavy atom. The minimum absolute atomic E-state index is 0.0892. The van der Waals surface area contributed by atoms with Crippen molar-refractivity contribution < 1.29 is 17.9 Å². The maximum Gasteiger partial charge on any atom is 0.409 e. The van der Waals surface area contributed by atoms with Crippen molar-refractivity contribution in [1.82, 2.24) is 19.0 Å². The van der Waals surface area contributed by atoms with Crippen LogP contribution in [0.3, 0.4) is 0 Å². The first kappa shape index (κ1) is 23.4.